The van der Waals surface area contributed by atoms with Crippen molar-refractivity contribution in [1.82, 2.24) is 15.1 Å². The van der Waals surface area contributed by atoms with E-state index in [1.807, 2.05) is 18.9 Å². The summed E-state index contributed by atoms with van der Waals surface area (Å²) < 4.78 is 23.2. The van der Waals surface area contributed by atoms with Gasteiger partial charge in [-0.1, -0.05) is 0 Å². The van der Waals surface area contributed by atoms with Crippen molar-refractivity contribution in [3.63, 3.8) is 0 Å². The third-order valence-corrected chi connectivity index (χ3v) is 6.16. The third-order valence-electron chi connectivity index (χ3n) is 4.41. The molecule has 0 spiro atoms. The van der Waals surface area contributed by atoms with Gasteiger partial charge in [-0.25, -0.2) is 8.42 Å². The minimum Gasteiger partial charge on any atom is -0.338 e. The van der Waals surface area contributed by atoms with E-state index in [1.54, 1.807) is 4.90 Å². The van der Waals surface area contributed by atoms with Crippen LogP contribution in [0.3, 0.4) is 0 Å². The predicted molar refractivity (Wildman–Crippen MR) is 83.0 cm³/mol. The number of amides is 1. The number of hydrogen-bond donors (Lipinski definition) is 1. The average Bonchev–Trinajstić information content (AvgIpc) is 3.00. The molecule has 21 heavy (non-hydrogen) atoms. The zero-order valence-electron chi connectivity index (χ0n) is 13.0. The Morgan fingerprint density at radius 2 is 2.10 bits per heavy atom. The molecule has 122 valence electrons. The largest absolute Gasteiger partial charge is 0.338 e. The molecule has 0 aromatic heterocycles. The lowest BCUT2D eigenvalue weighted by atomic mass is 10.2. The number of hydrogen-bond acceptors (Lipinski definition) is 5. The van der Waals surface area contributed by atoms with Gasteiger partial charge >= 0.3 is 0 Å². The highest BCUT2D eigenvalue weighted by atomic mass is 32.2. The molecule has 1 amide bonds. The summed E-state index contributed by atoms with van der Waals surface area (Å²) in [6.45, 7) is 4.79. The maximum absolute atomic E-state index is 12.4. The molecule has 2 aliphatic rings. The van der Waals surface area contributed by atoms with Crippen LogP contribution in [0.5, 0.6) is 0 Å². The maximum Gasteiger partial charge on any atom is 0.237 e. The molecule has 0 aliphatic carbocycles. The Hall–Kier alpha value is -0.660. The van der Waals surface area contributed by atoms with Crippen molar-refractivity contribution in [3.8, 4) is 0 Å². The first-order chi connectivity index (χ1) is 9.91. The van der Waals surface area contributed by atoms with Crippen LogP contribution in [0.25, 0.3) is 0 Å². The van der Waals surface area contributed by atoms with Gasteiger partial charge in [-0.15, -0.1) is 0 Å². The van der Waals surface area contributed by atoms with E-state index in [4.69, 9.17) is 0 Å². The summed E-state index contributed by atoms with van der Waals surface area (Å²) >= 11 is 0. The van der Waals surface area contributed by atoms with Crippen LogP contribution < -0.4 is 5.32 Å². The van der Waals surface area contributed by atoms with E-state index in [2.05, 4.69) is 5.32 Å². The summed E-state index contributed by atoms with van der Waals surface area (Å²) in [5, 5.41) is 3.42. The summed E-state index contributed by atoms with van der Waals surface area (Å²) in [5.74, 6) is 0.379. The third kappa shape index (κ3) is 4.66. The monoisotopic (exact) mass is 317 g/mol. The lowest BCUT2D eigenvalue weighted by Gasteiger charge is -2.29. The van der Waals surface area contributed by atoms with E-state index in [1.165, 1.54) is 6.42 Å². The van der Waals surface area contributed by atoms with Gasteiger partial charge in [0.15, 0.2) is 9.84 Å². The predicted octanol–water partition coefficient (Wildman–Crippen LogP) is -0.294. The number of nitrogens with one attached hydrogen (secondary N) is 1. The summed E-state index contributed by atoms with van der Waals surface area (Å²) in [5.41, 5.74) is 0. The van der Waals surface area contributed by atoms with E-state index in [0.29, 0.717) is 25.6 Å². The van der Waals surface area contributed by atoms with Gasteiger partial charge in [-0.05, 0) is 39.8 Å². The van der Waals surface area contributed by atoms with Crippen LogP contribution in [0.4, 0.5) is 0 Å². The van der Waals surface area contributed by atoms with Crippen LogP contribution in [-0.4, -0.2) is 80.9 Å². The Morgan fingerprint density at radius 3 is 2.62 bits per heavy atom. The Morgan fingerprint density at radius 1 is 1.33 bits per heavy atom. The number of rotatable bonds is 6. The Kier molecular flexibility index (Phi) is 5.62. The van der Waals surface area contributed by atoms with E-state index >= 15 is 0 Å². The van der Waals surface area contributed by atoms with Gasteiger partial charge in [-0.3, -0.25) is 9.69 Å². The van der Waals surface area contributed by atoms with Gasteiger partial charge < -0.3 is 10.2 Å². The first-order valence-corrected chi connectivity index (χ1v) is 9.65. The van der Waals surface area contributed by atoms with Crippen molar-refractivity contribution in [2.24, 2.45) is 0 Å². The fourth-order valence-corrected chi connectivity index (χ4v) is 5.07. The molecule has 0 saturated carbocycles. The van der Waals surface area contributed by atoms with Crippen LogP contribution in [0, 0.1) is 0 Å². The topological polar surface area (TPSA) is 69.7 Å². The number of carbonyl (C=O) groups excluding carboxylic acids is 1. The second-order valence-electron chi connectivity index (χ2n) is 6.23. The van der Waals surface area contributed by atoms with Crippen LogP contribution in [0.1, 0.15) is 26.2 Å². The molecule has 0 radical (unpaired) electrons. The first-order valence-electron chi connectivity index (χ1n) is 7.83. The molecule has 1 N–H and O–H groups in total. The van der Waals surface area contributed by atoms with Crippen molar-refractivity contribution in [2.75, 3.05) is 44.7 Å². The number of likely N-dealkylation sites (N-methyl/N-ethyl adjacent to an activating group) is 2. The van der Waals surface area contributed by atoms with Gasteiger partial charge in [0.2, 0.25) is 5.91 Å². The summed E-state index contributed by atoms with van der Waals surface area (Å²) in [6.07, 6.45) is 2.94. The molecule has 2 heterocycles. The standard InChI is InChI=1S/C14H27N3O3S/c1-3-17(13-6-8-21(19,20)11-13)14(18)10-16(2)9-12-5-4-7-15-12/h12-13,15H,3-11H2,1-2H3. The lowest BCUT2D eigenvalue weighted by molar-refractivity contribution is -0.133. The molecule has 2 rings (SSSR count). The zero-order valence-corrected chi connectivity index (χ0v) is 13.9. The maximum atomic E-state index is 12.4. The molecule has 0 aromatic rings. The van der Waals surface area contributed by atoms with E-state index in [0.717, 1.165) is 19.5 Å². The summed E-state index contributed by atoms with van der Waals surface area (Å²) in [6, 6.07) is 0.343. The highest BCUT2D eigenvalue weighted by Gasteiger charge is 2.34. The van der Waals surface area contributed by atoms with Crippen LogP contribution in [0.15, 0.2) is 0 Å². The molecule has 2 fully saturated rings. The Balaban J connectivity index is 1.85. The smallest absolute Gasteiger partial charge is 0.237 e. The molecule has 2 unspecified atom stereocenters. The van der Waals surface area contributed by atoms with Crippen molar-refractivity contribution >= 4 is 15.7 Å². The molecule has 0 aromatic carbocycles. The average molecular weight is 317 g/mol. The minimum absolute atomic E-state index is 0.0418. The van der Waals surface area contributed by atoms with Crippen molar-refractivity contribution in [3.05, 3.63) is 0 Å². The van der Waals surface area contributed by atoms with Crippen LogP contribution in [0.2, 0.25) is 0 Å². The van der Waals surface area contributed by atoms with Crippen molar-refractivity contribution in [1.29, 1.82) is 0 Å². The second-order valence-corrected chi connectivity index (χ2v) is 8.46. The number of carbonyl (C=O) groups is 1. The lowest BCUT2D eigenvalue weighted by Crippen LogP contribution is -2.47. The SMILES string of the molecule is CCN(C(=O)CN(C)CC1CCCN1)C1CCS(=O)(=O)C1. The molecule has 2 atom stereocenters. The van der Waals surface area contributed by atoms with E-state index in [-0.39, 0.29) is 23.5 Å². The molecule has 2 aliphatic heterocycles. The van der Waals surface area contributed by atoms with Crippen LogP contribution in [-0.2, 0) is 14.6 Å². The molecule has 2 saturated heterocycles. The molecule has 0 bridgehead atoms. The first kappa shape index (κ1) is 16.7. The molecular formula is C14H27N3O3S. The fourth-order valence-electron chi connectivity index (χ4n) is 3.33. The van der Waals surface area contributed by atoms with Gasteiger partial charge in [0.25, 0.3) is 0 Å². The summed E-state index contributed by atoms with van der Waals surface area (Å²) in [4.78, 5) is 16.2. The van der Waals surface area contributed by atoms with Gasteiger partial charge in [0.1, 0.15) is 0 Å². The zero-order chi connectivity index (χ0) is 15.5. The highest BCUT2D eigenvalue weighted by Crippen LogP contribution is 2.18. The molecule has 7 heteroatoms. The van der Waals surface area contributed by atoms with Crippen molar-refractivity contribution < 1.29 is 13.2 Å². The summed E-state index contributed by atoms with van der Waals surface area (Å²) in [7, 11) is -0.993. The minimum atomic E-state index is -2.95. The normalized spacial score (nSPS) is 28.1. The van der Waals surface area contributed by atoms with Crippen LogP contribution >= 0.6 is 0 Å². The van der Waals surface area contributed by atoms with Gasteiger partial charge in [0.05, 0.1) is 18.1 Å². The second kappa shape index (κ2) is 7.07. The fraction of sp³-hybridized carbons (Fsp3) is 0.929. The number of nitrogens with zero attached hydrogens (tertiary/aromatic N) is 2. The Bertz CT molecular complexity index is 460. The van der Waals surface area contributed by atoms with Crippen molar-refractivity contribution in [2.45, 2.75) is 38.3 Å². The number of sulfone groups is 1. The molecular weight excluding hydrogens is 290 g/mol. The highest BCUT2D eigenvalue weighted by molar-refractivity contribution is 7.91. The van der Waals surface area contributed by atoms with Gasteiger partial charge in [-0.2, -0.15) is 0 Å². The Labute approximate surface area is 127 Å². The molecule has 6 nitrogen and oxygen atoms in total. The van der Waals surface area contributed by atoms with E-state index < -0.39 is 9.84 Å². The van der Waals surface area contributed by atoms with E-state index in [9.17, 15) is 13.2 Å². The van der Waals surface area contributed by atoms with Gasteiger partial charge in [0, 0.05) is 25.2 Å². The quantitative estimate of drug-likeness (QED) is 0.729.